The van der Waals surface area contributed by atoms with Gasteiger partial charge in [-0.15, -0.1) is 0 Å². The third kappa shape index (κ3) is 2.70. The van der Waals surface area contributed by atoms with Crippen LogP contribution in [0.4, 0.5) is 0 Å². The normalized spacial score (nSPS) is 12.0. The fraction of sp³-hybridized carbons (Fsp3) is 0.667. The highest BCUT2D eigenvalue weighted by Crippen LogP contribution is 2.04. The van der Waals surface area contributed by atoms with E-state index in [4.69, 9.17) is 10.7 Å². The van der Waals surface area contributed by atoms with Crippen molar-refractivity contribution >= 4 is 5.90 Å². The molecule has 0 saturated heterocycles. The summed E-state index contributed by atoms with van der Waals surface area (Å²) in [4.78, 5) is 0. The van der Waals surface area contributed by atoms with E-state index < -0.39 is 5.90 Å². The van der Waals surface area contributed by atoms with Gasteiger partial charge in [-0.3, -0.25) is 0 Å². The molecule has 0 aromatic rings. The van der Waals surface area contributed by atoms with Crippen molar-refractivity contribution in [3.63, 3.8) is 0 Å². The molecule has 50 valence electrons. The van der Waals surface area contributed by atoms with Crippen molar-refractivity contribution in [2.75, 3.05) is 0 Å². The average molecular weight is 125 g/mol. The number of nitrogens with one attached hydrogen (secondary N) is 1. The number of hydrogen-bond donors (Lipinski definition) is 1. The van der Waals surface area contributed by atoms with Crippen LogP contribution in [-0.4, -0.2) is 5.90 Å². The van der Waals surface area contributed by atoms with Gasteiger partial charge in [-0.2, -0.15) is 5.26 Å². The molecular weight excluding hydrogens is 116 g/mol. The molecule has 0 spiro atoms. The molecule has 0 amide bonds. The number of rotatable bonds is 3. The fourth-order valence-electron chi connectivity index (χ4n) is 0.533. The Bertz CT molecular complexity index is 136. The van der Waals surface area contributed by atoms with Crippen molar-refractivity contribution in [2.24, 2.45) is 5.92 Å². The van der Waals surface area contributed by atoms with Gasteiger partial charge in [-0.05, 0) is 18.2 Å². The van der Waals surface area contributed by atoms with E-state index in [0.717, 1.165) is 0 Å². The van der Waals surface area contributed by atoms with Crippen LogP contribution in [0.25, 0.3) is 0 Å². The van der Waals surface area contributed by atoms with Gasteiger partial charge in [0.15, 0.2) is 0 Å². The molecule has 0 bridgehead atoms. The van der Waals surface area contributed by atoms with Crippen molar-refractivity contribution in [1.82, 2.24) is 0 Å². The van der Waals surface area contributed by atoms with Crippen LogP contribution in [0.5, 0.6) is 0 Å². The predicted molar refractivity (Wildman–Crippen MR) is 31.7 cm³/mol. The second-order valence-electron chi connectivity index (χ2n) is 1.83. The summed E-state index contributed by atoms with van der Waals surface area (Å²) in [5, 5.41) is 25.1. The first-order valence-electron chi connectivity index (χ1n) is 2.84. The van der Waals surface area contributed by atoms with Crippen LogP contribution in [0, 0.1) is 22.7 Å². The van der Waals surface area contributed by atoms with Gasteiger partial charge in [0.1, 0.15) is 0 Å². The van der Waals surface area contributed by atoms with Gasteiger partial charge in [0.2, 0.25) is 0 Å². The quantitative estimate of drug-likeness (QED) is 0.434. The average Bonchev–Trinajstić information content (AvgIpc) is 1.82. The molecule has 0 aromatic heterocycles. The maximum Gasteiger partial charge on any atom is 0.0628 e. The van der Waals surface area contributed by atoms with E-state index in [0.29, 0.717) is 6.42 Å². The Labute approximate surface area is 54.4 Å². The van der Waals surface area contributed by atoms with E-state index in [1.54, 1.807) is 6.92 Å². The molecule has 3 nitrogen and oxygen atoms in total. The van der Waals surface area contributed by atoms with Crippen molar-refractivity contribution in [2.45, 2.75) is 19.8 Å². The molecule has 9 heavy (non-hydrogen) atoms. The second-order valence-corrected chi connectivity index (χ2v) is 1.83. The van der Waals surface area contributed by atoms with Crippen LogP contribution in [-0.2, 0) is 0 Å². The number of hydrogen-bond acceptors (Lipinski definition) is 3. The highest BCUT2D eigenvalue weighted by atomic mass is 16.3. The largest absolute Gasteiger partial charge is 0.862 e. The molecule has 3 heteroatoms. The minimum atomic E-state index is -0.626. The first-order valence-corrected chi connectivity index (χ1v) is 2.84. The zero-order valence-electron chi connectivity index (χ0n) is 5.35. The molecule has 0 fully saturated rings. The van der Waals surface area contributed by atoms with Crippen molar-refractivity contribution in [1.29, 1.82) is 10.7 Å². The molecule has 0 aromatic carbocycles. The zero-order chi connectivity index (χ0) is 7.28. The van der Waals surface area contributed by atoms with E-state index in [2.05, 4.69) is 0 Å². The summed E-state index contributed by atoms with van der Waals surface area (Å²) in [6.45, 7) is 1.80. The first-order chi connectivity index (χ1) is 4.22. The molecule has 0 aliphatic carbocycles. The third-order valence-corrected chi connectivity index (χ3v) is 1.20. The van der Waals surface area contributed by atoms with Crippen LogP contribution < -0.4 is 5.11 Å². The van der Waals surface area contributed by atoms with E-state index in [1.165, 1.54) is 0 Å². The molecule has 0 aliphatic rings. The molecule has 0 rings (SSSR count). The van der Waals surface area contributed by atoms with Crippen LogP contribution in [0.1, 0.15) is 19.8 Å². The van der Waals surface area contributed by atoms with Crippen molar-refractivity contribution in [3.8, 4) is 6.07 Å². The van der Waals surface area contributed by atoms with Gasteiger partial charge in [0.05, 0.1) is 6.07 Å². The topological polar surface area (TPSA) is 70.7 Å². The molecule has 0 aliphatic heterocycles. The summed E-state index contributed by atoms with van der Waals surface area (Å²) in [6.07, 6.45) is 0.773. The molecule has 0 saturated carbocycles. The van der Waals surface area contributed by atoms with E-state index in [1.807, 2.05) is 6.07 Å². The highest BCUT2D eigenvalue weighted by Gasteiger charge is 2.01. The van der Waals surface area contributed by atoms with E-state index in [9.17, 15) is 5.11 Å². The fourth-order valence-corrected chi connectivity index (χ4v) is 0.533. The van der Waals surface area contributed by atoms with Gasteiger partial charge in [-0.1, -0.05) is 6.92 Å². The molecule has 0 radical (unpaired) electrons. The smallest absolute Gasteiger partial charge is 0.0628 e. The summed E-state index contributed by atoms with van der Waals surface area (Å²) in [7, 11) is 0. The first kappa shape index (κ1) is 7.96. The lowest BCUT2D eigenvalue weighted by atomic mass is 10.0. The number of nitrogens with zero attached hydrogens (tertiary/aromatic N) is 1. The Balaban J connectivity index is 3.71. The van der Waals surface area contributed by atoms with Crippen LogP contribution >= 0.6 is 0 Å². The van der Waals surface area contributed by atoms with Gasteiger partial charge in [0, 0.05) is 6.42 Å². The monoisotopic (exact) mass is 125 g/mol. The molecular formula is C6H9N2O-. The predicted octanol–water partition coefficient (Wildman–Crippen LogP) is 0.264. The summed E-state index contributed by atoms with van der Waals surface area (Å²) in [6, 6.07) is 1.86. The summed E-state index contributed by atoms with van der Waals surface area (Å²) in [5.74, 6) is -0.992. The third-order valence-electron chi connectivity index (χ3n) is 1.20. The summed E-state index contributed by atoms with van der Waals surface area (Å²) < 4.78 is 0. The lowest BCUT2D eigenvalue weighted by Crippen LogP contribution is -2.25. The standard InChI is InChI=1S/C6H10N2O/c1-2-5(3-4-7)6(8)9/h5H,2-3H2,1H3,(H2,8,9)/p-1. The van der Waals surface area contributed by atoms with Gasteiger partial charge >= 0.3 is 0 Å². The number of nitriles is 1. The minimum Gasteiger partial charge on any atom is -0.862 e. The summed E-state index contributed by atoms with van der Waals surface area (Å²) in [5.41, 5.74) is 0. The van der Waals surface area contributed by atoms with Crippen LogP contribution in [0.2, 0.25) is 0 Å². The Morgan fingerprint density at radius 3 is 2.56 bits per heavy atom. The Hall–Kier alpha value is -1.04. The van der Waals surface area contributed by atoms with Gasteiger partial charge in [0.25, 0.3) is 0 Å². The SMILES string of the molecule is CCC(CC#N)C(=N)[O-]. The summed E-state index contributed by atoms with van der Waals surface area (Å²) >= 11 is 0. The van der Waals surface area contributed by atoms with Crippen molar-refractivity contribution in [3.05, 3.63) is 0 Å². The minimum absolute atomic E-state index is 0.179. The van der Waals surface area contributed by atoms with Gasteiger partial charge < -0.3 is 10.5 Å². The van der Waals surface area contributed by atoms with E-state index >= 15 is 0 Å². The van der Waals surface area contributed by atoms with Crippen LogP contribution in [0.3, 0.4) is 0 Å². The molecule has 0 heterocycles. The maximum absolute atomic E-state index is 10.3. The second kappa shape index (κ2) is 3.90. The lowest BCUT2D eigenvalue weighted by molar-refractivity contribution is -0.225. The van der Waals surface area contributed by atoms with Crippen molar-refractivity contribution < 1.29 is 5.11 Å². The Morgan fingerprint density at radius 1 is 1.89 bits per heavy atom. The molecule has 1 unspecified atom stereocenters. The lowest BCUT2D eigenvalue weighted by Gasteiger charge is -2.15. The van der Waals surface area contributed by atoms with Gasteiger partial charge in [-0.25, -0.2) is 0 Å². The Kier molecular flexibility index (Phi) is 3.45. The Morgan fingerprint density at radius 2 is 2.44 bits per heavy atom. The molecule has 1 atom stereocenters. The zero-order valence-corrected chi connectivity index (χ0v) is 5.35. The molecule has 1 N–H and O–H groups in total. The van der Waals surface area contributed by atoms with Crippen LogP contribution in [0.15, 0.2) is 0 Å². The maximum atomic E-state index is 10.3. The van der Waals surface area contributed by atoms with E-state index in [-0.39, 0.29) is 12.3 Å². The highest BCUT2D eigenvalue weighted by molar-refractivity contribution is 5.70.